The van der Waals surface area contributed by atoms with Gasteiger partial charge in [0.1, 0.15) is 11.6 Å². The minimum Gasteiger partial charge on any atom is -0.383 e. The van der Waals surface area contributed by atoms with Gasteiger partial charge >= 0.3 is 0 Å². The van der Waals surface area contributed by atoms with Gasteiger partial charge in [0.25, 0.3) is 0 Å². The number of anilines is 2. The average Bonchev–Trinajstić information content (AvgIpc) is 2.53. The van der Waals surface area contributed by atoms with Gasteiger partial charge < -0.3 is 16.0 Å². The number of hydrogen-bond acceptors (Lipinski definition) is 6. The molecule has 1 aromatic rings. The molecule has 0 unspecified atom stereocenters. The third kappa shape index (κ3) is 3.00. The fourth-order valence-electron chi connectivity index (χ4n) is 1.68. The van der Waals surface area contributed by atoms with Crippen molar-refractivity contribution in [3.05, 3.63) is 6.07 Å². The normalized spacial score (nSPS) is 16.5. The van der Waals surface area contributed by atoms with Crippen LogP contribution in [0.2, 0.25) is 0 Å². The molecule has 1 aliphatic rings. The molecule has 0 saturated carbocycles. The fraction of sp³-hybridized carbons (Fsp3) is 0.500. The monoisotopic (exact) mass is 253 g/mol. The summed E-state index contributed by atoms with van der Waals surface area (Å²) in [6, 6.07) is 1.75. The quantitative estimate of drug-likeness (QED) is 0.575. The summed E-state index contributed by atoms with van der Waals surface area (Å²) in [5.41, 5.74) is 5.73. The van der Waals surface area contributed by atoms with Gasteiger partial charge in [-0.15, -0.1) is 0 Å². The summed E-state index contributed by atoms with van der Waals surface area (Å²) < 4.78 is 0. The Morgan fingerprint density at radius 3 is 3.06 bits per heavy atom. The Morgan fingerprint density at radius 2 is 2.29 bits per heavy atom. The smallest absolute Gasteiger partial charge is 0.221 e. The highest BCUT2D eigenvalue weighted by molar-refractivity contribution is 7.98. The lowest BCUT2D eigenvalue weighted by Gasteiger charge is -2.20. The number of aromatic nitrogens is 2. The van der Waals surface area contributed by atoms with Crippen LogP contribution in [-0.4, -0.2) is 41.8 Å². The summed E-state index contributed by atoms with van der Waals surface area (Å²) in [7, 11) is 0. The molecule has 92 valence electrons. The molecule has 1 saturated heterocycles. The standard InChI is InChI=1S/C10H15N5OS/c1-17-10-13-7(11)6-8(14-10)15-4-2-9(16)12-3-5-15/h6H,2-5H2,1H3,(H,12,16)(H2,11,13,14). The third-order valence-corrected chi connectivity index (χ3v) is 3.08. The Kier molecular flexibility index (Phi) is 3.68. The number of nitrogen functional groups attached to an aromatic ring is 1. The molecule has 0 radical (unpaired) electrons. The van der Waals surface area contributed by atoms with Crippen LogP contribution in [0.15, 0.2) is 11.2 Å². The Labute approximate surface area is 104 Å². The second-order valence-electron chi connectivity index (χ2n) is 3.72. The highest BCUT2D eigenvalue weighted by Crippen LogP contribution is 2.19. The zero-order valence-electron chi connectivity index (χ0n) is 9.64. The van der Waals surface area contributed by atoms with Gasteiger partial charge in [-0.3, -0.25) is 4.79 Å². The predicted molar refractivity (Wildman–Crippen MR) is 68.1 cm³/mol. The number of rotatable bonds is 2. The molecule has 3 N–H and O–H groups in total. The maximum atomic E-state index is 11.3. The zero-order chi connectivity index (χ0) is 12.3. The largest absolute Gasteiger partial charge is 0.383 e. The van der Waals surface area contributed by atoms with Gasteiger partial charge in [0.2, 0.25) is 5.91 Å². The average molecular weight is 253 g/mol. The molecule has 1 aromatic heterocycles. The molecule has 2 rings (SSSR count). The molecular formula is C10H15N5OS. The highest BCUT2D eigenvalue weighted by Gasteiger charge is 2.15. The van der Waals surface area contributed by atoms with E-state index in [2.05, 4.69) is 20.2 Å². The number of nitrogens with one attached hydrogen (secondary N) is 1. The molecular weight excluding hydrogens is 238 g/mol. The van der Waals surface area contributed by atoms with Crippen LogP contribution in [-0.2, 0) is 4.79 Å². The Bertz CT molecular complexity index is 425. The zero-order valence-corrected chi connectivity index (χ0v) is 10.5. The number of amides is 1. The van der Waals surface area contributed by atoms with Gasteiger partial charge in [-0.1, -0.05) is 11.8 Å². The van der Waals surface area contributed by atoms with Crippen LogP contribution >= 0.6 is 11.8 Å². The molecule has 0 bridgehead atoms. The Balaban J connectivity index is 2.20. The lowest BCUT2D eigenvalue weighted by Crippen LogP contribution is -2.29. The second-order valence-corrected chi connectivity index (χ2v) is 4.50. The second kappa shape index (κ2) is 5.22. The van der Waals surface area contributed by atoms with Gasteiger partial charge in [0.15, 0.2) is 5.16 Å². The molecule has 7 heteroatoms. The van der Waals surface area contributed by atoms with Gasteiger partial charge in [-0.25, -0.2) is 9.97 Å². The molecule has 1 amide bonds. The van der Waals surface area contributed by atoms with E-state index < -0.39 is 0 Å². The number of nitrogens with zero attached hydrogens (tertiary/aromatic N) is 3. The predicted octanol–water partition coefficient (Wildman–Crippen LogP) is 0.107. The molecule has 0 atom stereocenters. The van der Waals surface area contributed by atoms with Crippen LogP contribution in [0.4, 0.5) is 11.6 Å². The number of hydrogen-bond donors (Lipinski definition) is 2. The van der Waals surface area contributed by atoms with Crippen LogP contribution in [0.3, 0.4) is 0 Å². The molecule has 2 heterocycles. The van der Waals surface area contributed by atoms with Crippen LogP contribution in [0, 0.1) is 0 Å². The molecule has 1 aliphatic heterocycles. The van der Waals surface area contributed by atoms with Crippen molar-refractivity contribution in [1.82, 2.24) is 15.3 Å². The summed E-state index contributed by atoms with van der Waals surface area (Å²) in [5.74, 6) is 1.33. The van der Waals surface area contributed by atoms with E-state index in [0.717, 1.165) is 12.4 Å². The first-order valence-corrected chi connectivity index (χ1v) is 6.61. The Hall–Kier alpha value is -1.50. The maximum Gasteiger partial charge on any atom is 0.221 e. The lowest BCUT2D eigenvalue weighted by atomic mass is 10.3. The summed E-state index contributed by atoms with van der Waals surface area (Å²) >= 11 is 1.46. The molecule has 1 fully saturated rings. The van der Waals surface area contributed by atoms with Crippen molar-refractivity contribution in [1.29, 1.82) is 0 Å². The van der Waals surface area contributed by atoms with Crippen molar-refractivity contribution in [2.45, 2.75) is 11.6 Å². The number of nitrogens with two attached hydrogens (primary N) is 1. The van der Waals surface area contributed by atoms with Gasteiger partial charge in [0.05, 0.1) is 0 Å². The topological polar surface area (TPSA) is 84.1 Å². The maximum absolute atomic E-state index is 11.3. The first-order chi connectivity index (χ1) is 8.19. The van der Waals surface area contributed by atoms with Gasteiger partial charge in [-0.2, -0.15) is 0 Å². The molecule has 6 nitrogen and oxygen atoms in total. The van der Waals surface area contributed by atoms with Gasteiger partial charge in [-0.05, 0) is 6.26 Å². The van der Waals surface area contributed by atoms with Crippen LogP contribution < -0.4 is 16.0 Å². The molecule has 0 aliphatic carbocycles. The number of thioether (sulfide) groups is 1. The van der Waals surface area contributed by atoms with E-state index in [1.165, 1.54) is 11.8 Å². The minimum absolute atomic E-state index is 0.0830. The van der Waals surface area contributed by atoms with Crippen LogP contribution in [0.25, 0.3) is 0 Å². The van der Waals surface area contributed by atoms with E-state index >= 15 is 0 Å². The third-order valence-electron chi connectivity index (χ3n) is 2.53. The summed E-state index contributed by atoms with van der Waals surface area (Å²) in [6.45, 7) is 2.05. The SMILES string of the molecule is CSc1nc(N)cc(N2CCNC(=O)CC2)n1. The first kappa shape index (κ1) is 12.0. The van der Waals surface area contributed by atoms with E-state index in [9.17, 15) is 4.79 Å². The van der Waals surface area contributed by atoms with Crippen molar-refractivity contribution in [2.24, 2.45) is 0 Å². The summed E-state index contributed by atoms with van der Waals surface area (Å²) in [5, 5.41) is 3.48. The van der Waals surface area contributed by atoms with E-state index in [0.29, 0.717) is 30.5 Å². The van der Waals surface area contributed by atoms with Crippen LogP contribution in [0.1, 0.15) is 6.42 Å². The van der Waals surface area contributed by atoms with E-state index in [1.807, 2.05) is 6.26 Å². The molecule has 17 heavy (non-hydrogen) atoms. The van der Waals surface area contributed by atoms with Crippen molar-refractivity contribution < 1.29 is 4.79 Å². The van der Waals surface area contributed by atoms with Crippen molar-refractivity contribution in [2.75, 3.05) is 36.5 Å². The first-order valence-electron chi connectivity index (χ1n) is 5.39. The van der Waals surface area contributed by atoms with E-state index in [4.69, 9.17) is 5.73 Å². The van der Waals surface area contributed by atoms with Crippen molar-refractivity contribution >= 4 is 29.3 Å². The molecule has 0 aromatic carbocycles. The lowest BCUT2D eigenvalue weighted by molar-refractivity contribution is -0.120. The van der Waals surface area contributed by atoms with Gasteiger partial charge in [0, 0.05) is 32.1 Å². The highest BCUT2D eigenvalue weighted by atomic mass is 32.2. The number of carbonyl (C=O) groups is 1. The molecule has 0 spiro atoms. The Morgan fingerprint density at radius 1 is 1.47 bits per heavy atom. The van der Waals surface area contributed by atoms with Crippen molar-refractivity contribution in [3.8, 4) is 0 Å². The summed E-state index contributed by atoms with van der Waals surface area (Å²) in [6.07, 6.45) is 2.39. The summed E-state index contributed by atoms with van der Waals surface area (Å²) in [4.78, 5) is 21.8. The van der Waals surface area contributed by atoms with E-state index in [-0.39, 0.29) is 5.91 Å². The van der Waals surface area contributed by atoms with Crippen LogP contribution in [0.5, 0.6) is 0 Å². The van der Waals surface area contributed by atoms with E-state index in [1.54, 1.807) is 6.07 Å². The fourth-order valence-corrected chi connectivity index (χ4v) is 2.06. The number of carbonyl (C=O) groups excluding carboxylic acids is 1. The minimum atomic E-state index is 0.0830. The van der Waals surface area contributed by atoms with Crippen molar-refractivity contribution in [3.63, 3.8) is 0 Å².